The lowest BCUT2D eigenvalue weighted by atomic mass is 9.76. The average Bonchev–Trinajstić information content (AvgIpc) is 2.63. The number of nitrogens with two attached hydrogens (primary N) is 1. The average molecular weight is 211 g/mol. The topological polar surface area (TPSA) is 51.8 Å². The quantitative estimate of drug-likeness (QED) is 0.814. The first-order chi connectivity index (χ1) is 6.68. The van der Waals surface area contributed by atoms with Gasteiger partial charge in [0.1, 0.15) is 0 Å². The molecule has 1 heterocycles. The lowest BCUT2D eigenvalue weighted by Gasteiger charge is -2.35. The summed E-state index contributed by atoms with van der Waals surface area (Å²) < 4.78 is 3.87. The van der Waals surface area contributed by atoms with E-state index in [0.717, 1.165) is 25.2 Å². The molecule has 1 saturated carbocycles. The minimum absolute atomic E-state index is 0.0146. The van der Waals surface area contributed by atoms with E-state index in [0.29, 0.717) is 0 Å². The van der Waals surface area contributed by atoms with Gasteiger partial charge in [-0.25, -0.2) is 0 Å². The fourth-order valence-corrected chi connectivity index (χ4v) is 2.77. The van der Waals surface area contributed by atoms with Crippen molar-refractivity contribution in [2.45, 2.75) is 44.6 Å². The van der Waals surface area contributed by atoms with Crippen LogP contribution in [0.25, 0.3) is 0 Å². The van der Waals surface area contributed by atoms with Gasteiger partial charge in [0, 0.05) is 16.8 Å². The van der Waals surface area contributed by atoms with Gasteiger partial charge in [0.2, 0.25) is 0 Å². The Bertz CT molecular complexity index is 276. The second-order valence-corrected chi connectivity index (χ2v) is 5.48. The molecule has 78 valence electrons. The van der Waals surface area contributed by atoms with Crippen LogP contribution in [-0.2, 0) is 6.42 Å². The van der Waals surface area contributed by atoms with Crippen molar-refractivity contribution in [1.82, 2.24) is 9.59 Å². The monoisotopic (exact) mass is 211 g/mol. The molecule has 1 aliphatic carbocycles. The van der Waals surface area contributed by atoms with E-state index >= 15 is 0 Å². The zero-order valence-electron chi connectivity index (χ0n) is 8.57. The van der Waals surface area contributed by atoms with Crippen molar-refractivity contribution in [3.63, 3.8) is 0 Å². The van der Waals surface area contributed by atoms with Crippen molar-refractivity contribution < 1.29 is 0 Å². The van der Waals surface area contributed by atoms with Gasteiger partial charge in [0.25, 0.3) is 0 Å². The van der Waals surface area contributed by atoms with Gasteiger partial charge in [0.05, 0.1) is 6.20 Å². The normalized spacial score (nSPS) is 33.1. The molecule has 1 fully saturated rings. The Morgan fingerprint density at radius 1 is 1.57 bits per heavy atom. The van der Waals surface area contributed by atoms with Crippen molar-refractivity contribution >= 4 is 11.5 Å². The standard InChI is InChI=1S/C10H17N3S/c1-8-2-4-10(11,5-3-8)6-9-7-12-13-14-9/h7-8H,2-6,11H2,1H3. The summed E-state index contributed by atoms with van der Waals surface area (Å²) in [5.41, 5.74) is 6.38. The summed E-state index contributed by atoms with van der Waals surface area (Å²) >= 11 is 1.47. The van der Waals surface area contributed by atoms with Gasteiger partial charge in [0.15, 0.2) is 0 Å². The fraction of sp³-hybridized carbons (Fsp3) is 0.800. The predicted octanol–water partition coefficient (Wildman–Crippen LogP) is 1.99. The summed E-state index contributed by atoms with van der Waals surface area (Å²) in [5, 5.41) is 3.85. The lowest BCUT2D eigenvalue weighted by Crippen LogP contribution is -2.44. The summed E-state index contributed by atoms with van der Waals surface area (Å²) in [6, 6.07) is 0. The van der Waals surface area contributed by atoms with Gasteiger partial charge in [-0.1, -0.05) is 11.4 Å². The van der Waals surface area contributed by atoms with Crippen molar-refractivity contribution in [3.05, 3.63) is 11.1 Å². The van der Waals surface area contributed by atoms with E-state index in [4.69, 9.17) is 5.73 Å². The number of hydrogen-bond donors (Lipinski definition) is 1. The SMILES string of the molecule is CC1CCC(N)(Cc2cnns2)CC1. The second kappa shape index (κ2) is 3.95. The van der Waals surface area contributed by atoms with E-state index in [1.165, 1.54) is 29.3 Å². The maximum Gasteiger partial charge on any atom is 0.0653 e. The van der Waals surface area contributed by atoms with Gasteiger partial charge in [-0.2, -0.15) is 0 Å². The van der Waals surface area contributed by atoms with Crippen molar-refractivity contribution in [2.24, 2.45) is 11.7 Å². The Hall–Kier alpha value is -0.480. The van der Waals surface area contributed by atoms with E-state index in [1.54, 1.807) is 0 Å². The number of nitrogens with zero attached hydrogens (tertiary/aromatic N) is 2. The lowest BCUT2D eigenvalue weighted by molar-refractivity contribution is 0.244. The highest BCUT2D eigenvalue weighted by Crippen LogP contribution is 2.32. The molecule has 0 bridgehead atoms. The first-order valence-corrected chi connectivity index (χ1v) is 6.00. The van der Waals surface area contributed by atoms with Crippen LogP contribution in [0.5, 0.6) is 0 Å². The molecule has 0 atom stereocenters. The Morgan fingerprint density at radius 3 is 2.86 bits per heavy atom. The minimum atomic E-state index is 0.0146. The Balaban J connectivity index is 1.96. The molecule has 2 rings (SSSR count). The van der Waals surface area contributed by atoms with Crippen LogP contribution in [0.2, 0.25) is 0 Å². The predicted molar refractivity (Wildman–Crippen MR) is 58.2 cm³/mol. The molecular formula is C10H17N3S. The highest BCUT2D eigenvalue weighted by molar-refractivity contribution is 7.05. The fourth-order valence-electron chi connectivity index (χ4n) is 2.13. The molecule has 0 aromatic carbocycles. The van der Waals surface area contributed by atoms with Crippen LogP contribution in [0.15, 0.2) is 6.20 Å². The van der Waals surface area contributed by atoms with Crippen LogP contribution in [-0.4, -0.2) is 15.1 Å². The molecular weight excluding hydrogens is 194 g/mol. The summed E-state index contributed by atoms with van der Waals surface area (Å²) in [6.07, 6.45) is 7.62. The second-order valence-electron chi connectivity index (χ2n) is 4.61. The molecule has 0 saturated heterocycles. The molecule has 4 heteroatoms. The number of rotatable bonds is 2. The van der Waals surface area contributed by atoms with Crippen LogP contribution in [0.3, 0.4) is 0 Å². The molecule has 1 aliphatic rings. The summed E-state index contributed by atoms with van der Waals surface area (Å²) in [4.78, 5) is 1.22. The van der Waals surface area contributed by atoms with Gasteiger partial charge in [-0.05, 0) is 43.1 Å². The molecule has 1 aromatic heterocycles. The van der Waals surface area contributed by atoms with Crippen LogP contribution in [0.4, 0.5) is 0 Å². The number of hydrogen-bond acceptors (Lipinski definition) is 4. The molecule has 0 unspecified atom stereocenters. The van der Waals surface area contributed by atoms with E-state index in [9.17, 15) is 0 Å². The first-order valence-electron chi connectivity index (χ1n) is 5.23. The zero-order chi connectivity index (χ0) is 10.0. The third kappa shape index (κ3) is 2.30. The Morgan fingerprint density at radius 2 is 2.29 bits per heavy atom. The molecule has 0 spiro atoms. The van der Waals surface area contributed by atoms with Gasteiger partial charge in [-0.3, -0.25) is 0 Å². The van der Waals surface area contributed by atoms with Gasteiger partial charge in [-0.15, -0.1) is 5.10 Å². The smallest absolute Gasteiger partial charge is 0.0653 e. The van der Waals surface area contributed by atoms with Crippen LogP contribution < -0.4 is 5.73 Å². The van der Waals surface area contributed by atoms with Crippen molar-refractivity contribution in [2.75, 3.05) is 0 Å². The largest absolute Gasteiger partial charge is 0.325 e. The summed E-state index contributed by atoms with van der Waals surface area (Å²) in [7, 11) is 0. The minimum Gasteiger partial charge on any atom is -0.325 e. The zero-order valence-corrected chi connectivity index (χ0v) is 9.39. The molecule has 0 amide bonds. The van der Waals surface area contributed by atoms with E-state index in [-0.39, 0.29) is 5.54 Å². The van der Waals surface area contributed by atoms with Gasteiger partial charge >= 0.3 is 0 Å². The molecule has 2 N–H and O–H groups in total. The molecule has 0 radical (unpaired) electrons. The highest BCUT2D eigenvalue weighted by atomic mass is 32.1. The molecule has 3 nitrogen and oxygen atoms in total. The molecule has 14 heavy (non-hydrogen) atoms. The number of aromatic nitrogens is 2. The third-order valence-electron chi connectivity index (χ3n) is 3.20. The van der Waals surface area contributed by atoms with Crippen LogP contribution in [0, 0.1) is 5.92 Å². The van der Waals surface area contributed by atoms with E-state index in [1.807, 2.05) is 6.20 Å². The van der Waals surface area contributed by atoms with Gasteiger partial charge < -0.3 is 5.73 Å². The van der Waals surface area contributed by atoms with E-state index in [2.05, 4.69) is 16.5 Å². The molecule has 0 aliphatic heterocycles. The van der Waals surface area contributed by atoms with Crippen LogP contribution in [0.1, 0.15) is 37.5 Å². The van der Waals surface area contributed by atoms with Crippen LogP contribution >= 0.6 is 11.5 Å². The Kier molecular flexibility index (Phi) is 2.83. The highest BCUT2D eigenvalue weighted by Gasteiger charge is 2.30. The maximum absolute atomic E-state index is 6.36. The third-order valence-corrected chi connectivity index (χ3v) is 3.86. The summed E-state index contributed by atoms with van der Waals surface area (Å²) in [6.45, 7) is 2.31. The Labute approximate surface area is 88.9 Å². The first kappa shape index (κ1) is 10.1. The molecule has 1 aromatic rings. The van der Waals surface area contributed by atoms with E-state index < -0.39 is 0 Å². The summed E-state index contributed by atoms with van der Waals surface area (Å²) in [5.74, 6) is 0.853. The van der Waals surface area contributed by atoms with Crippen molar-refractivity contribution in [1.29, 1.82) is 0 Å². The maximum atomic E-state index is 6.36. The van der Waals surface area contributed by atoms with Crippen molar-refractivity contribution in [3.8, 4) is 0 Å².